The lowest BCUT2D eigenvalue weighted by molar-refractivity contribution is -0.0185. The van der Waals surface area contributed by atoms with Crippen molar-refractivity contribution in [2.24, 2.45) is 0 Å². The molecule has 2 aromatic rings. The molecule has 0 unspecified atom stereocenters. The molecule has 4 nitrogen and oxygen atoms in total. The van der Waals surface area contributed by atoms with Gasteiger partial charge in [0, 0.05) is 21.3 Å². The van der Waals surface area contributed by atoms with Crippen LogP contribution in [0.2, 0.25) is 0 Å². The average molecular weight is 350 g/mol. The number of nitrogens with two attached hydrogens (primary N) is 1. The van der Waals surface area contributed by atoms with Crippen molar-refractivity contribution in [2.75, 3.05) is 12.5 Å². The van der Waals surface area contributed by atoms with Crippen LogP contribution in [0.4, 0.5) is 5.69 Å². The van der Waals surface area contributed by atoms with E-state index in [1.54, 1.807) is 0 Å². The Kier molecular flexibility index (Phi) is 4.43. The minimum Gasteiger partial charge on any atom is -0.467 e. The van der Waals surface area contributed by atoms with E-state index in [-0.39, 0.29) is 6.79 Å². The molecule has 2 aromatic carbocycles. The molecule has 0 fully saturated rings. The minimum atomic E-state index is 0.274. The molecule has 0 radical (unpaired) electrons. The van der Waals surface area contributed by atoms with Crippen LogP contribution < -0.4 is 10.5 Å². The van der Waals surface area contributed by atoms with Gasteiger partial charge in [-0.2, -0.15) is 0 Å². The lowest BCUT2D eigenvalue weighted by atomic mass is 10.1. The van der Waals surface area contributed by atoms with Crippen molar-refractivity contribution in [3.63, 3.8) is 0 Å². The van der Waals surface area contributed by atoms with Gasteiger partial charge in [-0.1, -0.05) is 28.1 Å². The van der Waals surface area contributed by atoms with Crippen molar-refractivity contribution in [2.45, 2.75) is 19.8 Å². The number of hydrogen-bond acceptors (Lipinski definition) is 4. The predicted octanol–water partition coefficient (Wildman–Crippen LogP) is 3.61. The summed E-state index contributed by atoms with van der Waals surface area (Å²) in [4.78, 5) is 0. The molecule has 0 amide bonds. The van der Waals surface area contributed by atoms with Gasteiger partial charge >= 0.3 is 0 Å². The minimum absolute atomic E-state index is 0.274. The number of nitrogen functional groups attached to an aromatic ring is 1. The van der Waals surface area contributed by atoms with E-state index < -0.39 is 0 Å². The van der Waals surface area contributed by atoms with E-state index in [4.69, 9.17) is 19.9 Å². The zero-order chi connectivity index (χ0) is 14.7. The third kappa shape index (κ3) is 3.56. The SMILES string of the molecule is Nc1cc2c(c(COCc3ccc(Br)cc3)c1)OCOC2. The quantitative estimate of drug-likeness (QED) is 0.856. The van der Waals surface area contributed by atoms with Crippen LogP contribution in [0.1, 0.15) is 16.7 Å². The van der Waals surface area contributed by atoms with Gasteiger partial charge in [-0.15, -0.1) is 0 Å². The zero-order valence-electron chi connectivity index (χ0n) is 11.5. The number of fused-ring (bicyclic) bond motifs is 1. The van der Waals surface area contributed by atoms with Crippen molar-refractivity contribution < 1.29 is 14.2 Å². The van der Waals surface area contributed by atoms with Crippen LogP contribution in [0.25, 0.3) is 0 Å². The molecule has 0 saturated carbocycles. The number of rotatable bonds is 4. The Morgan fingerprint density at radius 1 is 1.14 bits per heavy atom. The van der Waals surface area contributed by atoms with Gasteiger partial charge in [0.1, 0.15) is 5.75 Å². The first-order valence-electron chi connectivity index (χ1n) is 6.66. The number of hydrogen-bond donors (Lipinski definition) is 1. The third-order valence-corrected chi connectivity index (χ3v) is 3.78. The smallest absolute Gasteiger partial charge is 0.189 e. The Balaban J connectivity index is 1.67. The Labute approximate surface area is 131 Å². The number of halogens is 1. The molecule has 0 bridgehead atoms. The Morgan fingerprint density at radius 2 is 1.95 bits per heavy atom. The predicted molar refractivity (Wildman–Crippen MR) is 83.8 cm³/mol. The Bertz CT molecular complexity index is 628. The van der Waals surface area contributed by atoms with Gasteiger partial charge in [-0.05, 0) is 29.8 Å². The van der Waals surface area contributed by atoms with E-state index in [0.29, 0.717) is 25.5 Å². The summed E-state index contributed by atoms with van der Waals surface area (Å²) in [5.74, 6) is 0.839. The summed E-state index contributed by atoms with van der Waals surface area (Å²) in [7, 11) is 0. The number of benzene rings is 2. The van der Waals surface area contributed by atoms with Crippen LogP contribution in [-0.4, -0.2) is 6.79 Å². The molecule has 2 N–H and O–H groups in total. The van der Waals surface area contributed by atoms with E-state index in [0.717, 1.165) is 26.9 Å². The van der Waals surface area contributed by atoms with Gasteiger partial charge in [-0.3, -0.25) is 0 Å². The van der Waals surface area contributed by atoms with Crippen LogP contribution in [0.15, 0.2) is 40.9 Å². The second-order valence-electron chi connectivity index (χ2n) is 4.90. The molecule has 1 aliphatic heterocycles. The lowest BCUT2D eigenvalue weighted by Gasteiger charge is -2.21. The van der Waals surface area contributed by atoms with Gasteiger partial charge < -0.3 is 19.9 Å². The second kappa shape index (κ2) is 6.47. The monoisotopic (exact) mass is 349 g/mol. The molecule has 21 heavy (non-hydrogen) atoms. The maximum atomic E-state index is 5.91. The van der Waals surface area contributed by atoms with Crippen LogP contribution >= 0.6 is 15.9 Å². The highest BCUT2D eigenvalue weighted by molar-refractivity contribution is 9.10. The molecule has 3 rings (SSSR count). The Morgan fingerprint density at radius 3 is 2.76 bits per heavy atom. The summed E-state index contributed by atoms with van der Waals surface area (Å²) in [6, 6.07) is 11.8. The number of anilines is 1. The molecule has 1 aliphatic rings. The molecule has 0 saturated heterocycles. The van der Waals surface area contributed by atoms with Gasteiger partial charge in [0.05, 0.1) is 19.8 Å². The van der Waals surface area contributed by atoms with Crippen LogP contribution in [0.3, 0.4) is 0 Å². The van der Waals surface area contributed by atoms with Crippen molar-refractivity contribution in [1.82, 2.24) is 0 Å². The van der Waals surface area contributed by atoms with Crippen molar-refractivity contribution in [3.05, 3.63) is 57.6 Å². The van der Waals surface area contributed by atoms with Gasteiger partial charge in [0.2, 0.25) is 0 Å². The number of ether oxygens (including phenoxy) is 3. The fraction of sp³-hybridized carbons (Fsp3) is 0.250. The largest absolute Gasteiger partial charge is 0.467 e. The van der Waals surface area contributed by atoms with Crippen LogP contribution in [0, 0.1) is 0 Å². The first-order valence-corrected chi connectivity index (χ1v) is 7.45. The molecule has 5 heteroatoms. The maximum absolute atomic E-state index is 5.91. The lowest BCUT2D eigenvalue weighted by Crippen LogP contribution is -2.14. The summed E-state index contributed by atoms with van der Waals surface area (Å²) in [5.41, 5.74) is 9.67. The summed E-state index contributed by atoms with van der Waals surface area (Å²) >= 11 is 3.42. The molecule has 0 aliphatic carbocycles. The van der Waals surface area contributed by atoms with E-state index in [9.17, 15) is 0 Å². The highest BCUT2D eigenvalue weighted by Crippen LogP contribution is 2.31. The first kappa shape index (κ1) is 14.4. The van der Waals surface area contributed by atoms with E-state index in [2.05, 4.69) is 15.9 Å². The average Bonchev–Trinajstić information content (AvgIpc) is 2.49. The van der Waals surface area contributed by atoms with Crippen molar-refractivity contribution in [1.29, 1.82) is 0 Å². The summed E-state index contributed by atoms with van der Waals surface area (Å²) in [6.07, 6.45) is 0. The fourth-order valence-electron chi connectivity index (χ4n) is 2.29. The third-order valence-electron chi connectivity index (χ3n) is 3.25. The highest BCUT2D eigenvalue weighted by atomic mass is 79.9. The van der Waals surface area contributed by atoms with Crippen molar-refractivity contribution >= 4 is 21.6 Å². The maximum Gasteiger partial charge on any atom is 0.189 e. The van der Waals surface area contributed by atoms with E-state index in [1.807, 2.05) is 36.4 Å². The summed E-state index contributed by atoms with van der Waals surface area (Å²) in [6.45, 7) is 1.81. The molecule has 0 spiro atoms. The van der Waals surface area contributed by atoms with Gasteiger partial charge in [0.15, 0.2) is 6.79 Å². The topological polar surface area (TPSA) is 53.7 Å². The molecule has 0 aromatic heterocycles. The zero-order valence-corrected chi connectivity index (χ0v) is 13.1. The molecule has 1 heterocycles. The fourth-order valence-corrected chi connectivity index (χ4v) is 2.56. The summed E-state index contributed by atoms with van der Waals surface area (Å²) in [5, 5.41) is 0. The summed E-state index contributed by atoms with van der Waals surface area (Å²) < 4.78 is 17.7. The molecule has 110 valence electrons. The van der Waals surface area contributed by atoms with Gasteiger partial charge in [0.25, 0.3) is 0 Å². The van der Waals surface area contributed by atoms with Gasteiger partial charge in [-0.25, -0.2) is 0 Å². The van der Waals surface area contributed by atoms with Crippen LogP contribution in [-0.2, 0) is 29.3 Å². The Hall–Kier alpha value is -1.56. The van der Waals surface area contributed by atoms with E-state index >= 15 is 0 Å². The van der Waals surface area contributed by atoms with Crippen LogP contribution in [0.5, 0.6) is 5.75 Å². The normalized spacial score (nSPS) is 13.6. The first-order chi connectivity index (χ1) is 10.2. The molecular weight excluding hydrogens is 334 g/mol. The highest BCUT2D eigenvalue weighted by Gasteiger charge is 2.16. The van der Waals surface area contributed by atoms with E-state index in [1.165, 1.54) is 0 Å². The molecular formula is C16H16BrNO3. The standard InChI is InChI=1S/C16H16BrNO3/c17-14-3-1-11(2-4-14)7-19-8-12-5-15(18)6-13-9-20-10-21-16(12)13/h1-6H,7-10,18H2. The van der Waals surface area contributed by atoms with Crippen molar-refractivity contribution in [3.8, 4) is 5.75 Å². The second-order valence-corrected chi connectivity index (χ2v) is 5.81. The molecule has 0 atom stereocenters.